The molecule has 1 amide bonds. The molecule has 164 valence electrons. The maximum atomic E-state index is 12.9. The van der Waals surface area contributed by atoms with E-state index in [4.69, 9.17) is 4.74 Å². The number of hydrogen-bond acceptors (Lipinski definition) is 5. The van der Waals surface area contributed by atoms with E-state index in [2.05, 4.69) is 13.0 Å². The zero-order valence-corrected chi connectivity index (χ0v) is 17.7. The number of phenols is 1. The number of rotatable bonds is 2. The Morgan fingerprint density at radius 1 is 1.27 bits per heavy atom. The number of carbonyl (C=O) groups excluding carboxylic acids is 1. The minimum Gasteiger partial charge on any atom is -0.508 e. The monoisotopic (exact) mass is 415 g/mol. The first kappa shape index (κ1) is 20.1. The summed E-state index contributed by atoms with van der Waals surface area (Å²) in [5.74, 6) is 2.03. The molecule has 3 fully saturated rings. The second kappa shape index (κ2) is 7.41. The Labute approximate surface area is 177 Å². The van der Waals surface area contributed by atoms with Crippen molar-refractivity contribution in [2.24, 2.45) is 17.3 Å². The van der Waals surface area contributed by atoms with Gasteiger partial charge in [-0.25, -0.2) is 4.79 Å². The molecule has 0 aromatic heterocycles. The Hall–Kier alpha value is -1.79. The third-order valence-electron chi connectivity index (χ3n) is 8.70. The van der Waals surface area contributed by atoms with Gasteiger partial charge in [0.15, 0.2) is 0 Å². The molecule has 1 saturated heterocycles. The molecular weight excluding hydrogens is 382 g/mol. The molecule has 3 N–H and O–H groups in total. The van der Waals surface area contributed by atoms with E-state index in [9.17, 15) is 20.1 Å². The van der Waals surface area contributed by atoms with Crippen molar-refractivity contribution >= 4 is 6.09 Å². The largest absolute Gasteiger partial charge is 0.508 e. The number of nitrogens with zero attached hydrogens (tertiary/aromatic N) is 1. The van der Waals surface area contributed by atoms with Crippen molar-refractivity contribution in [1.82, 2.24) is 4.90 Å². The van der Waals surface area contributed by atoms with Crippen LogP contribution in [-0.2, 0) is 11.2 Å². The lowest BCUT2D eigenvalue weighted by atomic mass is 9.55. The van der Waals surface area contributed by atoms with Crippen molar-refractivity contribution < 1.29 is 24.9 Å². The lowest BCUT2D eigenvalue weighted by Gasteiger charge is -2.50. The summed E-state index contributed by atoms with van der Waals surface area (Å²) < 4.78 is 6.04. The minimum absolute atomic E-state index is 0.0156. The van der Waals surface area contributed by atoms with E-state index < -0.39 is 6.10 Å². The molecule has 1 aromatic rings. The Morgan fingerprint density at radius 2 is 2.10 bits per heavy atom. The van der Waals surface area contributed by atoms with E-state index in [0.29, 0.717) is 29.9 Å². The van der Waals surface area contributed by atoms with Gasteiger partial charge in [-0.05, 0) is 86.0 Å². The Kier molecular flexibility index (Phi) is 4.98. The molecule has 6 heteroatoms. The molecular formula is C24H33NO5. The molecule has 0 spiro atoms. The topological polar surface area (TPSA) is 90.2 Å². The molecule has 3 aliphatic carbocycles. The summed E-state index contributed by atoms with van der Waals surface area (Å²) in [4.78, 5) is 14.4. The van der Waals surface area contributed by atoms with Crippen molar-refractivity contribution in [3.63, 3.8) is 0 Å². The molecule has 6 nitrogen and oxygen atoms in total. The van der Waals surface area contributed by atoms with Crippen LogP contribution in [0.1, 0.15) is 62.5 Å². The van der Waals surface area contributed by atoms with Gasteiger partial charge in [0, 0.05) is 5.41 Å². The fourth-order valence-electron chi connectivity index (χ4n) is 7.19. The molecule has 0 bridgehead atoms. The summed E-state index contributed by atoms with van der Waals surface area (Å²) >= 11 is 0. The van der Waals surface area contributed by atoms with Crippen LogP contribution in [0.4, 0.5) is 4.79 Å². The minimum atomic E-state index is -0.584. The van der Waals surface area contributed by atoms with Gasteiger partial charge in [-0.3, -0.25) is 0 Å². The van der Waals surface area contributed by atoms with Crippen LogP contribution in [0.3, 0.4) is 0 Å². The van der Waals surface area contributed by atoms with E-state index in [1.54, 1.807) is 0 Å². The fourth-order valence-corrected chi connectivity index (χ4v) is 7.19. The lowest BCUT2D eigenvalue weighted by Crippen LogP contribution is -2.47. The summed E-state index contributed by atoms with van der Waals surface area (Å²) in [6, 6.07) is 5.51. The number of aryl methyl sites for hydroxylation is 1. The maximum Gasteiger partial charge on any atom is 0.410 e. The molecule has 0 radical (unpaired) electrons. The van der Waals surface area contributed by atoms with Gasteiger partial charge in [0.1, 0.15) is 11.9 Å². The van der Waals surface area contributed by atoms with Crippen LogP contribution < -0.4 is 0 Å². The van der Waals surface area contributed by atoms with E-state index in [1.165, 1.54) is 16.0 Å². The number of carbonyl (C=O) groups is 1. The number of aliphatic hydroxyl groups excluding tert-OH is 2. The van der Waals surface area contributed by atoms with Crippen LogP contribution in [0.25, 0.3) is 0 Å². The number of aliphatic hydroxyl groups is 2. The average Bonchev–Trinajstić information content (AvgIpc) is 3.27. The predicted octanol–water partition coefficient (Wildman–Crippen LogP) is 3.18. The van der Waals surface area contributed by atoms with E-state index >= 15 is 0 Å². The highest BCUT2D eigenvalue weighted by atomic mass is 16.6. The van der Waals surface area contributed by atoms with Crippen LogP contribution in [-0.4, -0.2) is 57.7 Å². The van der Waals surface area contributed by atoms with Gasteiger partial charge in [0.05, 0.1) is 25.3 Å². The third kappa shape index (κ3) is 3.11. The highest BCUT2D eigenvalue weighted by molar-refractivity contribution is 5.69. The Bertz CT molecular complexity index is 828. The maximum absolute atomic E-state index is 12.9. The highest BCUT2D eigenvalue weighted by Gasteiger charge is 2.56. The number of β-amino-alcohol motifs (C(OH)–C–C–N with tert-alkyl or cyclic N) is 1. The summed E-state index contributed by atoms with van der Waals surface area (Å²) in [6.07, 6.45) is 5.56. The van der Waals surface area contributed by atoms with E-state index in [0.717, 1.165) is 38.5 Å². The summed E-state index contributed by atoms with van der Waals surface area (Å²) in [5, 5.41) is 29.3. The Morgan fingerprint density at radius 3 is 2.90 bits per heavy atom. The van der Waals surface area contributed by atoms with Gasteiger partial charge in [-0.15, -0.1) is 0 Å². The predicted molar refractivity (Wildman–Crippen MR) is 111 cm³/mol. The van der Waals surface area contributed by atoms with Crippen LogP contribution in [0, 0.1) is 17.3 Å². The molecule has 2 saturated carbocycles. The van der Waals surface area contributed by atoms with Crippen molar-refractivity contribution in [2.45, 2.75) is 76.0 Å². The van der Waals surface area contributed by atoms with E-state index in [1.807, 2.05) is 12.1 Å². The normalized spacial score (nSPS) is 39.9. The second-order valence-electron chi connectivity index (χ2n) is 10.2. The van der Waals surface area contributed by atoms with Crippen molar-refractivity contribution in [3.8, 4) is 5.75 Å². The Balaban J connectivity index is 1.32. The number of hydrogen-bond donors (Lipinski definition) is 3. The van der Waals surface area contributed by atoms with Gasteiger partial charge in [0.2, 0.25) is 0 Å². The molecule has 7 atom stereocenters. The van der Waals surface area contributed by atoms with Crippen molar-refractivity contribution in [3.05, 3.63) is 29.3 Å². The fraction of sp³-hybridized carbons (Fsp3) is 0.708. The summed E-state index contributed by atoms with van der Waals surface area (Å²) in [7, 11) is 0. The SMILES string of the molecule is C[C@]12CC[C@@H]3c4ccc(O)cc4CC[C@H]3[C@@H]1CC[C@@H]2OC(=O)N1C[C@H](O)C[C@H]1CO. The van der Waals surface area contributed by atoms with Crippen molar-refractivity contribution in [2.75, 3.05) is 13.2 Å². The average molecular weight is 416 g/mol. The number of fused-ring (bicyclic) bond motifs is 5. The van der Waals surface area contributed by atoms with Crippen LogP contribution >= 0.6 is 0 Å². The number of aromatic hydroxyl groups is 1. The quantitative estimate of drug-likeness (QED) is 0.690. The zero-order chi connectivity index (χ0) is 21.0. The third-order valence-corrected chi connectivity index (χ3v) is 8.70. The molecule has 30 heavy (non-hydrogen) atoms. The first-order valence-electron chi connectivity index (χ1n) is 11.5. The van der Waals surface area contributed by atoms with Gasteiger partial charge in [-0.2, -0.15) is 0 Å². The summed E-state index contributed by atoms with van der Waals surface area (Å²) in [5.41, 5.74) is 2.69. The van der Waals surface area contributed by atoms with Crippen LogP contribution in [0.15, 0.2) is 18.2 Å². The first-order valence-corrected chi connectivity index (χ1v) is 11.5. The smallest absolute Gasteiger partial charge is 0.410 e. The first-order chi connectivity index (χ1) is 14.4. The van der Waals surface area contributed by atoms with Crippen molar-refractivity contribution in [1.29, 1.82) is 0 Å². The van der Waals surface area contributed by atoms with E-state index in [-0.39, 0.29) is 36.8 Å². The zero-order valence-electron chi connectivity index (χ0n) is 17.7. The standard InChI is InChI=1S/C24H33NO5/c1-24-9-8-19-18-5-3-16(27)10-14(18)2-4-20(19)21(24)6-7-22(24)30-23(29)25-12-17(28)11-15(25)13-26/h3,5,10,15,17,19-22,26-28H,2,4,6-9,11-13H2,1H3/t15-,17+,19+,20+,21-,22-,24-/m0/s1. The lowest BCUT2D eigenvalue weighted by molar-refractivity contribution is -0.0432. The molecule has 1 aliphatic heterocycles. The highest BCUT2D eigenvalue weighted by Crippen LogP contribution is 2.61. The molecule has 5 rings (SSSR count). The number of benzene rings is 1. The molecule has 4 aliphatic rings. The van der Waals surface area contributed by atoms with Crippen LogP contribution in [0.2, 0.25) is 0 Å². The van der Waals surface area contributed by atoms with Gasteiger partial charge < -0.3 is 25.0 Å². The summed E-state index contributed by atoms with van der Waals surface area (Å²) in [6.45, 7) is 2.40. The number of ether oxygens (including phenoxy) is 1. The van der Waals surface area contributed by atoms with Gasteiger partial charge >= 0.3 is 6.09 Å². The molecule has 1 aromatic carbocycles. The number of amides is 1. The number of phenolic OH excluding ortho intramolecular Hbond substituents is 1. The van der Waals surface area contributed by atoms with Gasteiger partial charge in [-0.1, -0.05) is 13.0 Å². The number of likely N-dealkylation sites (tertiary alicyclic amines) is 1. The van der Waals surface area contributed by atoms with Gasteiger partial charge in [0.25, 0.3) is 0 Å². The van der Waals surface area contributed by atoms with Crippen LogP contribution in [0.5, 0.6) is 5.75 Å². The second-order valence-corrected chi connectivity index (χ2v) is 10.2. The molecule has 1 heterocycles. The molecule has 0 unspecified atom stereocenters.